The molecular weight excluding hydrogens is 641 g/mol. The van der Waals surface area contributed by atoms with E-state index < -0.39 is 29.5 Å². The molecule has 2 aromatic heterocycles. The molecule has 2 heterocycles. The first-order valence-corrected chi connectivity index (χ1v) is 12.5. The van der Waals surface area contributed by atoms with E-state index in [9.17, 15) is 35.9 Å². The number of carbonyl (C=O) groups is 1. The minimum Gasteiger partial charge on any atom is -0.368 e. The van der Waals surface area contributed by atoms with Crippen molar-refractivity contribution in [3.05, 3.63) is 93.5 Å². The molecule has 0 fully saturated rings. The van der Waals surface area contributed by atoms with Crippen LogP contribution in [0.15, 0.2) is 65.7 Å². The molecular formula is C26H20Cl2F6N8O2. The fraction of sp³-hybridized carbons (Fsp3) is 0.154. The van der Waals surface area contributed by atoms with Crippen LogP contribution in [0.1, 0.15) is 22.5 Å². The molecule has 10 nitrogen and oxygen atoms in total. The van der Waals surface area contributed by atoms with Crippen molar-refractivity contribution in [1.82, 2.24) is 19.9 Å². The number of aliphatic imine (C=N–C) groups is 1. The van der Waals surface area contributed by atoms with Crippen molar-refractivity contribution in [3.63, 3.8) is 0 Å². The molecule has 0 radical (unpaired) electrons. The highest BCUT2D eigenvalue weighted by Crippen LogP contribution is 2.31. The SMILES string of the molecule is Cc1cc(Cl)nc(N)n1.Cc1cc(Cl)nc(NC(=O)Nc2ccc(C(F)(F)F)cc2)n1.O=C=Nc1ccc(C(F)(F)F)cc1. The summed E-state index contributed by atoms with van der Waals surface area (Å²) in [5, 5.41) is 5.26. The third-order valence-corrected chi connectivity index (χ3v) is 5.12. The largest absolute Gasteiger partial charge is 0.416 e. The van der Waals surface area contributed by atoms with Gasteiger partial charge in [0, 0.05) is 17.1 Å². The number of aryl methyl sites for hydroxylation is 2. The standard InChI is InChI=1S/C13H10ClF3N4O.C8H4F3NO.C5H6ClN3/c1-7-6-10(14)20-11(18-7)21-12(22)19-9-4-2-8(3-5-9)13(15,16)17;9-8(10,11)6-1-3-7(4-2-6)12-5-13;1-3-2-4(6)9-5(7)8-3/h2-6H,1H3,(H2,18,19,20,21,22);1-4H;2H,1H3,(H2,7,8,9). The minimum absolute atomic E-state index is 0.00517. The van der Waals surface area contributed by atoms with Gasteiger partial charge in [0.05, 0.1) is 16.8 Å². The molecule has 2 aromatic carbocycles. The number of anilines is 3. The number of isocyanates is 1. The maximum atomic E-state index is 12.4. The maximum absolute atomic E-state index is 12.4. The van der Waals surface area contributed by atoms with E-state index in [1.54, 1.807) is 13.0 Å². The van der Waals surface area contributed by atoms with E-state index in [4.69, 9.17) is 28.9 Å². The third-order valence-electron chi connectivity index (χ3n) is 4.73. The van der Waals surface area contributed by atoms with Crippen LogP contribution in [0.3, 0.4) is 0 Å². The molecule has 44 heavy (non-hydrogen) atoms. The van der Waals surface area contributed by atoms with E-state index in [1.807, 2.05) is 6.92 Å². The fourth-order valence-electron chi connectivity index (χ4n) is 2.92. The Morgan fingerprint density at radius 3 is 1.68 bits per heavy atom. The minimum atomic E-state index is -4.42. The average molecular weight is 661 g/mol. The highest BCUT2D eigenvalue weighted by molar-refractivity contribution is 6.29. The van der Waals surface area contributed by atoms with Crippen LogP contribution in [0, 0.1) is 13.8 Å². The molecule has 0 spiro atoms. The smallest absolute Gasteiger partial charge is 0.368 e. The summed E-state index contributed by atoms with van der Waals surface area (Å²) in [6.45, 7) is 3.48. The molecule has 0 unspecified atom stereocenters. The quantitative estimate of drug-likeness (QED) is 0.0879. The number of nitrogen functional groups attached to an aromatic ring is 1. The van der Waals surface area contributed by atoms with Crippen LogP contribution >= 0.6 is 23.2 Å². The van der Waals surface area contributed by atoms with Gasteiger partial charge in [0.25, 0.3) is 0 Å². The molecule has 0 aliphatic heterocycles. The zero-order valence-corrected chi connectivity index (χ0v) is 23.9. The van der Waals surface area contributed by atoms with Gasteiger partial charge in [0.1, 0.15) is 10.3 Å². The molecule has 2 amide bonds. The summed E-state index contributed by atoms with van der Waals surface area (Å²) < 4.78 is 73.2. The number of nitrogens with two attached hydrogens (primary N) is 1. The number of amides is 2. The lowest BCUT2D eigenvalue weighted by Crippen LogP contribution is -2.21. The fourth-order valence-corrected chi connectivity index (χ4v) is 3.40. The predicted octanol–water partition coefficient (Wildman–Crippen LogP) is 7.79. The highest BCUT2D eigenvalue weighted by atomic mass is 35.5. The zero-order valence-electron chi connectivity index (χ0n) is 22.4. The van der Waals surface area contributed by atoms with E-state index in [2.05, 4.69) is 35.6 Å². The van der Waals surface area contributed by atoms with Crippen LogP contribution in [0.2, 0.25) is 10.3 Å². The summed E-state index contributed by atoms with van der Waals surface area (Å²) in [6.07, 6.45) is -7.55. The Labute approximate surface area is 255 Å². The number of hydrogen-bond acceptors (Lipinski definition) is 8. The van der Waals surface area contributed by atoms with Crippen LogP contribution in [-0.2, 0) is 17.1 Å². The Kier molecular flexibility index (Phi) is 12.6. The second-order valence-electron chi connectivity index (χ2n) is 8.25. The van der Waals surface area contributed by atoms with Gasteiger partial charge in [-0.1, -0.05) is 23.2 Å². The van der Waals surface area contributed by atoms with Crippen LogP contribution < -0.4 is 16.4 Å². The van der Waals surface area contributed by atoms with Crippen LogP contribution in [-0.4, -0.2) is 32.0 Å². The van der Waals surface area contributed by atoms with Crippen molar-refractivity contribution in [1.29, 1.82) is 0 Å². The lowest BCUT2D eigenvalue weighted by molar-refractivity contribution is -0.138. The number of hydrogen-bond donors (Lipinski definition) is 3. The number of carbonyl (C=O) groups excluding carboxylic acids is 2. The lowest BCUT2D eigenvalue weighted by Gasteiger charge is -2.09. The monoisotopic (exact) mass is 660 g/mol. The second kappa shape index (κ2) is 15.6. The molecule has 4 N–H and O–H groups in total. The van der Waals surface area contributed by atoms with Crippen LogP contribution in [0.4, 0.5) is 54.4 Å². The van der Waals surface area contributed by atoms with Gasteiger partial charge in [-0.05, 0) is 74.5 Å². The number of urea groups is 1. The van der Waals surface area contributed by atoms with Gasteiger partial charge in [-0.15, -0.1) is 0 Å². The molecule has 4 rings (SSSR count). The lowest BCUT2D eigenvalue weighted by atomic mass is 10.2. The summed E-state index contributed by atoms with van der Waals surface area (Å²) in [5.74, 6) is 0.217. The van der Waals surface area contributed by atoms with Gasteiger partial charge in [0.15, 0.2) is 0 Å². The first-order chi connectivity index (χ1) is 20.5. The van der Waals surface area contributed by atoms with Gasteiger partial charge < -0.3 is 11.1 Å². The summed E-state index contributed by atoms with van der Waals surface area (Å²) in [6, 6.07) is 10.4. The number of halogens is 8. The topological polar surface area (TPSA) is 148 Å². The molecule has 0 atom stereocenters. The Bertz CT molecular complexity index is 1540. The predicted molar refractivity (Wildman–Crippen MR) is 151 cm³/mol. The second-order valence-corrected chi connectivity index (χ2v) is 9.02. The number of aromatic nitrogens is 4. The average Bonchev–Trinajstić information content (AvgIpc) is 2.88. The van der Waals surface area contributed by atoms with E-state index >= 15 is 0 Å². The van der Waals surface area contributed by atoms with Crippen molar-refractivity contribution in [2.75, 3.05) is 16.4 Å². The van der Waals surface area contributed by atoms with Gasteiger partial charge in [-0.2, -0.15) is 31.3 Å². The Morgan fingerprint density at radius 1 is 0.773 bits per heavy atom. The van der Waals surface area contributed by atoms with Gasteiger partial charge in [0.2, 0.25) is 18.0 Å². The summed E-state index contributed by atoms with van der Waals surface area (Å²) in [7, 11) is 0. The number of alkyl halides is 6. The molecule has 0 saturated heterocycles. The van der Waals surface area contributed by atoms with E-state index in [1.165, 1.54) is 12.1 Å². The van der Waals surface area contributed by atoms with E-state index in [0.717, 1.165) is 54.2 Å². The van der Waals surface area contributed by atoms with Gasteiger partial charge in [-0.3, -0.25) is 5.32 Å². The molecule has 0 aliphatic rings. The summed E-state index contributed by atoms with van der Waals surface area (Å²) >= 11 is 11.2. The Balaban J connectivity index is 0.000000258. The summed E-state index contributed by atoms with van der Waals surface area (Å²) in [4.78, 5) is 39.8. The number of nitrogens with one attached hydrogen (secondary N) is 2. The Morgan fingerprint density at radius 2 is 1.25 bits per heavy atom. The number of benzene rings is 2. The van der Waals surface area contributed by atoms with Gasteiger partial charge >= 0.3 is 18.4 Å². The molecule has 0 saturated carbocycles. The number of nitrogens with zero attached hydrogens (tertiary/aromatic N) is 5. The van der Waals surface area contributed by atoms with Crippen molar-refractivity contribution < 1.29 is 35.9 Å². The molecule has 18 heteroatoms. The zero-order chi connectivity index (χ0) is 33.1. The number of rotatable bonds is 3. The third kappa shape index (κ3) is 12.6. The van der Waals surface area contributed by atoms with Crippen LogP contribution in [0.25, 0.3) is 0 Å². The molecule has 4 aromatic rings. The van der Waals surface area contributed by atoms with E-state index in [0.29, 0.717) is 10.8 Å². The summed E-state index contributed by atoms with van der Waals surface area (Å²) in [5.41, 5.74) is 5.39. The van der Waals surface area contributed by atoms with Crippen LogP contribution in [0.5, 0.6) is 0 Å². The molecule has 0 bridgehead atoms. The normalized spacial score (nSPS) is 10.7. The first-order valence-electron chi connectivity index (χ1n) is 11.7. The van der Waals surface area contributed by atoms with Crippen molar-refractivity contribution in [2.24, 2.45) is 4.99 Å². The Hall–Kier alpha value is -4.79. The van der Waals surface area contributed by atoms with Crippen molar-refractivity contribution >= 4 is 58.6 Å². The van der Waals surface area contributed by atoms with Crippen molar-refractivity contribution in [2.45, 2.75) is 26.2 Å². The first kappa shape index (κ1) is 35.4. The molecule has 0 aliphatic carbocycles. The van der Waals surface area contributed by atoms with E-state index in [-0.39, 0.29) is 28.4 Å². The van der Waals surface area contributed by atoms with Gasteiger partial charge in [-0.25, -0.2) is 29.5 Å². The van der Waals surface area contributed by atoms with Crippen molar-refractivity contribution in [3.8, 4) is 0 Å². The molecule has 232 valence electrons. The maximum Gasteiger partial charge on any atom is 0.416 e. The highest BCUT2D eigenvalue weighted by Gasteiger charge is 2.30.